The smallest absolute Gasteiger partial charge is 0.227 e. The molecule has 0 atom stereocenters. The molecule has 0 radical (unpaired) electrons. The molecule has 5 nitrogen and oxygen atoms in total. The summed E-state index contributed by atoms with van der Waals surface area (Å²) in [5, 5.41) is 4.06. The molecule has 0 spiro atoms. The van der Waals surface area contributed by atoms with E-state index < -0.39 is 0 Å². The van der Waals surface area contributed by atoms with E-state index in [1.54, 1.807) is 0 Å². The molecule has 198 valence electrons. The average Bonchev–Trinajstić information content (AvgIpc) is 3.75. The number of hydrogen-bond donors (Lipinski definition) is 0. The molecule has 0 N–H and O–H groups in total. The average molecular weight is 543 g/mol. The second-order valence-corrected chi connectivity index (χ2v) is 10.3. The van der Waals surface area contributed by atoms with E-state index in [-0.39, 0.29) is 0 Å². The first-order valence-corrected chi connectivity index (χ1v) is 13.9. The molecular weight excluding hydrogens is 520 g/mol. The van der Waals surface area contributed by atoms with Crippen LogP contribution >= 0.6 is 0 Å². The number of furan rings is 2. The molecule has 0 bridgehead atoms. The molecule has 6 aromatic carbocycles. The molecule has 5 heteroatoms. The third-order valence-corrected chi connectivity index (χ3v) is 7.88. The van der Waals surface area contributed by atoms with Crippen LogP contribution in [0.25, 0.3) is 66.4 Å². The summed E-state index contributed by atoms with van der Waals surface area (Å²) in [6.07, 6.45) is 0. The predicted molar refractivity (Wildman–Crippen MR) is 169 cm³/mol. The van der Waals surface area contributed by atoms with E-state index in [1.807, 2.05) is 91.0 Å². The summed E-state index contributed by atoms with van der Waals surface area (Å²) < 4.78 is 19.2. The predicted octanol–water partition coefficient (Wildman–Crippen LogP) is 10.8. The largest absolute Gasteiger partial charge is 0.456 e. The van der Waals surface area contributed by atoms with Gasteiger partial charge in [0.15, 0.2) is 5.58 Å². The summed E-state index contributed by atoms with van der Waals surface area (Å²) in [5.41, 5.74) is 8.38. The van der Waals surface area contributed by atoms with E-state index >= 15 is 0 Å². The highest BCUT2D eigenvalue weighted by Gasteiger charge is 2.27. The Morgan fingerprint density at radius 3 is 1.86 bits per heavy atom. The van der Waals surface area contributed by atoms with Crippen LogP contribution in [-0.2, 0) is 0 Å². The quantitative estimate of drug-likeness (QED) is 0.221. The summed E-state index contributed by atoms with van der Waals surface area (Å²) >= 11 is 0. The molecule has 42 heavy (non-hydrogen) atoms. The number of aromatic nitrogens is 1. The van der Waals surface area contributed by atoms with Crippen LogP contribution in [0, 0.1) is 0 Å². The standard InChI is InChI=1S/C37H22N2O3/c1-3-12-23(13-4-1)37-38-35-32(42-37)22-31-34(26-17-8-10-20-29(26)41-31)36(35)39(24-14-5-2-6-15-24)27-18-11-21-30-33(27)25-16-7-9-19-28(25)40-30/h1-22H. The minimum Gasteiger partial charge on any atom is -0.456 e. The molecule has 0 aliphatic rings. The maximum Gasteiger partial charge on any atom is 0.227 e. The third kappa shape index (κ3) is 3.34. The van der Waals surface area contributed by atoms with Gasteiger partial charge in [-0.15, -0.1) is 0 Å². The van der Waals surface area contributed by atoms with E-state index in [2.05, 4.69) is 47.4 Å². The number of anilines is 3. The van der Waals surface area contributed by atoms with Crippen LogP contribution in [0.4, 0.5) is 17.1 Å². The van der Waals surface area contributed by atoms with Crippen molar-refractivity contribution in [2.24, 2.45) is 0 Å². The highest BCUT2D eigenvalue weighted by atomic mass is 16.4. The zero-order valence-electron chi connectivity index (χ0n) is 22.3. The molecular formula is C37H22N2O3. The van der Waals surface area contributed by atoms with Crippen molar-refractivity contribution in [1.82, 2.24) is 4.98 Å². The maximum absolute atomic E-state index is 6.45. The topological polar surface area (TPSA) is 55.6 Å². The van der Waals surface area contributed by atoms with E-state index in [0.717, 1.165) is 72.0 Å². The van der Waals surface area contributed by atoms with Crippen LogP contribution in [-0.4, -0.2) is 4.98 Å². The minimum atomic E-state index is 0.559. The van der Waals surface area contributed by atoms with Crippen molar-refractivity contribution in [3.05, 3.63) is 133 Å². The Balaban J connectivity index is 1.47. The molecule has 0 amide bonds. The van der Waals surface area contributed by atoms with Crippen molar-refractivity contribution in [3.63, 3.8) is 0 Å². The van der Waals surface area contributed by atoms with E-state index in [4.69, 9.17) is 18.2 Å². The van der Waals surface area contributed by atoms with Gasteiger partial charge in [0.25, 0.3) is 0 Å². The lowest BCUT2D eigenvalue weighted by Gasteiger charge is -2.27. The Morgan fingerprint density at radius 2 is 1.10 bits per heavy atom. The van der Waals surface area contributed by atoms with Gasteiger partial charge >= 0.3 is 0 Å². The molecule has 9 aromatic rings. The first-order valence-electron chi connectivity index (χ1n) is 13.9. The maximum atomic E-state index is 6.45. The summed E-state index contributed by atoms with van der Waals surface area (Å²) in [5.74, 6) is 0.559. The van der Waals surface area contributed by atoms with E-state index in [9.17, 15) is 0 Å². The summed E-state index contributed by atoms with van der Waals surface area (Å²) in [6.45, 7) is 0. The van der Waals surface area contributed by atoms with Crippen molar-refractivity contribution in [3.8, 4) is 11.5 Å². The van der Waals surface area contributed by atoms with Crippen LogP contribution < -0.4 is 4.90 Å². The van der Waals surface area contributed by atoms with Crippen molar-refractivity contribution >= 4 is 72.0 Å². The number of fused-ring (bicyclic) bond motifs is 7. The molecule has 0 saturated carbocycles. The summed E-state index contributed by atoms with van der Waals surface area (Å²) in [4.78, 5) is 7.42. The van der Waals surface area contributed by atoms with Crippen LogP contribution in [0.15, 0.2) is 147 Å². The summed E-state index contributed by atoms with van der Waals surface area (Å²) in [6, 6.07) is 44.9. The van der Waals surface area contributed by atoms with Crippen molar-refractivity contribution < 1.29 is 13.3 Å². The third-order valence-electron chi connectivity index (χ3n) is 7.88. The number of nitrogens with zero attached hydrogens (tertiary/aromatic N) is 2. The van der Waals surface area contributed by atoms with Gasteiger partial charge in [0.2, 0.25) is 5.89 Å². The zero-order valence-corrected chi connectivity index (χ0v) is 22.3. The first-order chi connectivity index (χ1) is 20.8. The summed E-state index contributed by atoms with van der Waals surface area (Å²) in [7, 11) is 0. The highest BCUT2D eigenvalue weighted by molar-refractivity contribution is 6.22. The lowest BCUT2D eigenvalue weighted by molar-refractivity contribution is 0.617. The van der Waals surface area contributed by atoms with Crippen molar-refractivity contribution in [2.75, 3.05) is 4.90 Å². The number of hydrogen-bond acceptors (Lipinski definition) is 5. The van der Waals surface area contributed by atoms with Gasteiger partial charge < -0.3 is 18.2 Å². The number of benzene rings is 6. The van der Waals surface area contributed by atoms with Crippen molar-refractivity contribution in [1.29, 1.82) is 0 Å². The van der Waals surface area contributed by atoms with Gasteiger partial charge in [-0.2, -0.15) is 0 Å². The van der Waals surface area contributed by atoms with Gasteiger partial charge in [-0.3, -0.25) is 0 Å². The van der Waals surface area contributed by atoms with Gasteiger partial charge in [0.05, 0.1) is 22.1 Å². The molecule has 9 rings (SSSR count). The van der Waals surface area contributed by atoms with Crippen LogP contribution in [0.5, 0.6) is 0 Å². The molecule has 3 aromatic heterocycles. The molecule has 0 fully saturated rings. The Labute approximate surface area is 239 Å². The Kier molecular flexibility index (Phi) is 4.83. The highest BCUT2D eigenvalue weighted by Crippen LogP contribution is 2.50. The molecule has 0 aliphatic heterocycles. The molecule has 0 unspecified atom stereocenters. The Hall–Kier alpha value is -5.81. The van der Waals surface area contributed by atoms with Crippen molar-refractivity contribution in [2.45, 2.75) is 0 Å². The first kappa shape index (κ1) is 22.9. The number of rotatable bonds is 4. The zero-order chi connectivity index (χ0) is 27.6. The van der Waals surface area contributed by atoms with Crippen LogP contribution in [0.1, 0.15) is 0 Å². The Bertz CT molecular complexity index is 2420. The van der Waals surface area contributed by atoms with Gasteiger partial charge in [-0.05, 0) is 48.5 Å². The molecule has 3 heterocycles. The van der Waals surface area contributed by atoms with Gasteiger partial charge in [0.1, 0.15) is 27.8 Å². The van der Waals surface area contributed by atoms with Gasteiger partial charge in [-0.1, -0.05) is 78.9 Å². The fourth-order valence-electron chi connectivity index (χ4n) is 6.08. The lowest BCUT2D eigenvalue weighted by atomic mass is 10.0. The Morgan fingerprint density at radius 1 is 0.476 bits per heavy atom. The van der Waals surface area contributed by atoms with Gasteiger partial charge in [-0.25, -0.2) is 4.98 Å². The number of oxazole rings is 1. The van der Waals surface area contributed by atoms with E-state index in [1.165, 1.54) is 0 Å². The van der Waals surface area contributed by atoms with Crippen LogP contribution in [0.3, 0.4) is 0 Å². The monoisotopic (exact) mass is 542 g/mol. The second kappa shape index (κ2) is 8.85. The normalized spacial score (nSPS) is 11.8. The minimum absolute atomic E-state index is 0.559. The second-order valence-electron chi connectivity index (χ2n) is 10.3. The number of para-hydroxylation sites is 3. The molecule has 0 saturated heterocycles. The fourth-order valence-corrected chi connectivity index (χ4v) is 6.08. The van der Waals surface area contributed by atoms with Crippen LogP contribution in [0.2, 0.25) is 0 Å². The lowest BCUT2D eigenvalue weighted by Crippen LogP contribution is -2.11. The van der Waals surface area contributed by atoms with Gasteiger partial charge in [0, 0.05) is 28.1 Å². The fraction of sp³-hybridized carbons (Fsp3) is 0. The van der Waals surface area contributed by atoms with E-state index in [0.29, 0.717) is 11.5 Å². The molecule has 0 aliphatic carbocycles. The SMILES string of the molecule is c1ccc(-c2nc3c(N(c4ccccc4)c4cccc5oc6ccccc6c45)c4c(cc3o2)oc2ccccc24)cc1.